The first-order valence-corrected chi connectivity index (χ1v) is 34.3. The average molecular weight is 1350 g/mol. The number of anilines is 5. The van der Waals surface area contributed by atoms with Gasteiger partial charge in [0.15, 0.2) is 0 Å². The Bertz CT molecular complexity index is 4770. The number of fused-ring (bicyclic) bond motifs is 4. The normalized spacial score (nSPS) is 22.2. The number of imide groups is 4. The maximum Gasteiger partial charge on any atom is 0.270 e. The molecule has 2 unspecified atom stereocenters. The zero-order valence-electron chi connectivity index (χ0n) is 54.7. The summed E-state index contributed by atoms with van der Waals surface area (Å²) in [5.41, 5.74) is 15.6. The van der Waals surface area contributed by atoms with E-state index in [2.05, 4.69) is 76.5 Å². The van der Waals surface area contributed by atoms with Crippen molar-refractivity contribution in [1.82, 2.24) is 60.6 Å². The van der Waals surface area contributed by atoms with Gasteiger partial charge in [0.25, 0.3) is 29.3 Å². The molecule has 4 aromatic carbocycles. The van der Waals surface area contributed by atoms with Crippen molar-refractivity contribution in [3.05, 3.63) is 142 Å². The van der Waals surface area contributed by atoms with Gasteiger partial charge in [-0.3, -0.25) is 79.1 Å². The van der Waals surface area contributed by atoms with Crippen LogP contribution in [-0.4, -0.2) is 206 Å². The number of hydrogen-bond donors (Lipinski definition) is 5. The largest absolute Gasteiger partial charge is 0.399 e. The summed E-state index contributed by atoms with van der Waals surface area (Å²) in [5, 5.41) is 32.6. The fourth-order valence-corrected chi connectivity index (χ4v) is 17.2. The number of nitrogens with two attached hydrogens (primary N) is 1. The van der Waals surface area contributed by atoms with Crippen molar-refractivity contribution < 1.29 is 43.3 Å². The summed E-state index contributed by atoms with van der Waals surface area (Å²) in [6.45, 7) is 13.8. The second kappa shape index (κ2) is 24.2. The van der Waals surface area contributed by atoms with Crippen LogP contribution in [0.3, 0.4) is 0 Å². The Morgan fingerprint density at radius 1 is 0.480 bits per heavy atom. The highest BCUT2D eigenvalue weighted by atomic mass is 16.6. The van der Waals surface area contributed by atoms with Gasteiger partial charge in [-0.25, -0.2) is 9.97 Å². The number of benzene rings is 4. The van der Waals surface area contributed by atoms with E-state index in [0.717, 1.165) is 183 Å². The molecule has 4 aromatic heterocycles. The Kier molecular flexibility index (Phi) is 15.1. The molecule has 14 heterocycles. The molecule has 6 N–H and O–H groups in total. The van der Waals surface area contributed by atoms with Crippen LogP contribution in [-0.2, 0) is 19.2 Å². The lowest BCUT2D eigenvalue weighted by Crippen LogP contribution is -2.72. The third kappa shape index (κ3) is 11.1. The van der Waals surface area contributed by atoms with Gasteiger partial charge >= 0.3 is 0 Å². The number of pyridine rings is 2. The number of H-pyrrole nitrogens is 2. The van der Waals surface area contributed by atoms with E-state index in [1.807, 2.05) is 54.7 Å². The number of rotatable bonds is 13. The first-order chi connectivity index (χ1) is 48.4. The summed E-state index contributed by atoms with van der Waals surface area (Å²) in [6.07, 6.45) is 8.30. The molecule has 18 rings (SSSR count). The highest BCUT2D eigenvalue weighted by Gasteiger charge is 2.54. The van der Waals surface area contributed by atoms with Gasteiger partial charge in [-0.05, 0) is 135 Å². The standard InChI is InChI=1S/C36H35N9O6.C36H37N9O4/c46-31-6-5-29(33(47)38-31)44-34(48)25-3-1-23(14-26(25)35(44)49)42-11-8-21(9-12-42)16-41-17-36(18-41)19-43(20-36)30-13-22(7-10-37-30)32-27-15-24(45(50)51)2-4-28(27)39-40-32;37-23-1-4-28-27(14-23)32(41-40-28)22-7-10-38-30(13-22)44-19-36(20-44)17-42(18-36)16-21-8-11-43(12-9-21)24-2-3-25-26(15-24)35(49)45(34(25)48)29-5-6-31(46)39-33(29)47/h1-4,7,10,13-15,21,29H,5-6,8-9,11-12,16-20H2,(H,39,40)(H,38,46,47);1-4,7,10,13-15,21,29H,5-6,8-9,11-12,16-20,37H2,(H,40,41)(H,39,46,47). The minimum absolute atomic E-state index is 0.0290. The van der Waals surface area contributed by atoms with Crippen molar-refractivity contribution in [3.63, 3.8) is 0 Å². The molecule has 0 saturated carbocycles. The maximum absolute atomic E-state index is 13.3. The number of likely N-dealkylation sites (tertiary alicyclic amines) is 2. The minimum Gasteiger partial charge on any atom is -0.399 e. The fourth-order valence-electron chi connectivity index (χ4n) is 17.2. The van der Waals surface area contributed by atoms with Gasteiger partial charge in [0, 0.05) is 179 Å². The van der Waals surface area contributed by atoms with Crippen molar-refractivity contribution in [2.45, 2.75) is 63.5 Å². The molecule has 0 bridgehead atoms. The summed E-state index contributed by atoms with van der Waals surface area (Å²) in [6, 6.07) is 27.3. The van der Waals surface area contributed by atoms with Crippen LogP contribution in [0.2, 0.25) is 0 Å². The number of aromatic nitrogens is 6. The second-order valence-corrected chi connectivity index (χ2v) is 29.0. The smallest absolute Gasteiger partial charge is 0.270 e. The lowest BCUT2D eigenvalue weighted by Gasteiger charge is -2.61. The number of amides is 8. The van der Waals surface area contributed by atoms with Crippen molar-refractivity contribution in [2.24, 2.45) is 22.7 Å². The SMILES string of the molecule is Nc1ccc2[nH]nc(-c3ccnc(N4CC5(CN(CC6CCN(c7ccc8c(c7)C(=O)N(C7CCC(=O)NC7=O)C8=O)CC6)C5)C4)c3)c2c1.O=C1CCC(N2C(=O)c3ccc(N4CCC(CN5CC6(C5)CN(c5cc(-c7n[nH]c8ccc([N+](=O)[O-])cc78)ccn5)C6)CC4)cc3C2=O)C(=O)N1. The lowest BCUT2D eigenvalue weighted by molar-refractivity contribution is -0.384. The number of aromatic amines is 2. The number of nitrogen functional groups attached to an aromatic ring is 1. The van der Waals surface area contributed by atoms with E-state index in [-0.39, 0.29) is 42.7 Å². The van der Waals surface area contributed by atoms with Crippen molar-refractivity contribution in [2.75, 3.05) is 117 Å². The van der Waals surface area contributed by atoms with Crippen LogP contribution in [0.25, 0.3) is 44.3 Å². The molecular weight excluding hydrogens is 1280 g/mol. The molecule has 10 aliphatic rings. The molecule has 8 fully saturated rings. The van der Waals surface area contributed by atoms with Crippen molar-refractivity contribution >= 4 is 103 Å². The van der Waals surface area contributed by atoms with Gasteiger partial charge in [-0.15, -0.1) is 0 Å². The van der Waals surface area contributed by atoms with Crippen LogP contribution in [0, 0.1) is 32.8 Å². The molecule has 2 atom stereocenters. The molecule has 8 aromatic rings. The third-order valence-corrected chi connectivity index (χ3v) is 22.2. The zero-order chi connectivity index (χ0) is 68.5. The van der Waals surface area contributed by atoms with Crippen LogP contribution in [0.5, 0.6) is 0 Å². The molecule has 28 nitrogen and oxygen atoms in total. The third-order valence-electron chi connectivity index (χ3n) is 22.2. The van der Waals surface area contributed by atoms with Crippen molar-refractivity contribution in [3.8, 4) is 22.5 Å². The highest BCUT2D eigenvalue weighted by Crippen LogP contribution is 2.46. The monoisotopic (exact) mass is 1350 g/mol. The summed E-state index contributed by atoms with van der Waals surface area (Å²) in [4.78, 5) is 137. The van der Waals surface area contributed by atoms with E-state index in [0.29, 0.717) is 56.3 Å². The lowest BCUT2D eigenvalue weighted by atomic mass is 9.72. The molecule has 0 radical (unpaired) electrons. The molecule has 0 aliphatic carbocycles. The number of non-ortho nitro benzene ring substituents is 1. The van der Waals surface area contributed by atoms with E-state index >= 15 is 0 Å². The Hall–Kier alpha value is -11.0. The molecule has 510 valence electrons. The minimum atomic E-state index is -0.968. The Morgan fingerprint density at radius 2 is 0.910 bits per heavy atom. The van der Waals surface area contributed by atoms with Crippen LogP contribution in [0.4, 0.5) is 34.4 Å². The van der Waals surface area contributed by atoms with E-state index in [9.17, 15) is 48.5 Å². The van der Waals surface area contributed by atoms with Crippen LogP contribution in [0.15, 0.2) is 109 Å². The second-order valence-electron chi connectivity index (χ2n) is 29.0. The number of nitro benzene ring substituents is 1. The fraction of sp³-hybridized carbons (Fsp3) is 0.389. The van der Waals surface area contributed by atoms with Crippen molar-refractivity contribution in [1.29, 1.82) is 0 Å². The number of carbonyl (C=O) groups excluding carboxylic acids is 8. The average Bonchev–Trinajstić information content (AvgIpc) is 1.18. The predicted octanol–water partition coefficient (Wildman–Crippen LogP) is 5.62. The van der Waals surface area contributed by atoms with E-state index in [1.54, 1.807) is 42.6 Å². The first-order valence-electron chi connectivity index (χ1n) is 34.3. The van der Waals surface area contributed by atoms with Crippen LogP contribution < -0.4 is 36.0 Å². The van der Waals surface area contributed by atoms with E-state index in [1.165, 1.54) is 6.07 Å². The van der Waals surface area contributed by atoms with E-state index in [4.69, 9.17) is 5.73 Å². The summed E-state index contributed by atoms with van der Waals surface area (Å²) >= 11 is 0. The summed E-state index contributed by atoms with van der Waals surface area (Å²) in [5.74, 6) is -0.823. The van der Waals surface area contributed by atoms with Gasteiger partial charge in [0.2, 0.25) is 23.6 Å². The zero-order valence-corrected chi connectivity index (χ0v) is 54.7. The summed E-state index contributed by atoms with van der Waals surface area (Å²) < 4.78 is 0. The number of nitrogens with one attached hydrogen (secondary N) is 4. The quantitative estimate of drug-likeness (QED) is 0.0405. The number of hydrogen-bond acceptors (Lipinski definition) is 21. The molecule has 8 saturated heterocycles. The highest BCUT2D eigenvalue weighted by molar-refractivity contribution is 6.25. The van der Waals surface area contributed by atoms with Gasteiger partial charge in [-0.1, -0.05) is 0 Å². The maximum atomic E-state index is 13.3. The van der Waals surface area contributed by atoms with E-state index < -0.39 is 58.4 Å². The molecule has 2 spiro atoms. The first kappa shape index (κ1) is 62.5. The van der Waals surface area contributed by atoms with Gasteiger partial charge < -0.3 is 35.1 Å². The molecule has 8 amide bonds. The Morgan fingerprint density at radius 3 is 1.35 bits per heavy atom. The van der Waals surface area contributed by atoms with Gasteiger partial charge in [-0.2, -0.15) is 10.2 Å². The van der Waals surface area contributed by atoms with Crippen LogP contribution in [0.1, 0.15) is 92.8 Å². The molecule has 28 heteroatoms. The predicted molar refractivity (Wildman–Crippen MR) is 368 cm³/mol. The van der Waals surface area contributed by atoms with Gasteiger partial charge in [0.05, 0.1) is 38.2 Å². The topological polar surface area (TPSA) is 339 Å². The summed E-state index contributed by atoms with van der Waals surface area (Å²) in [7, 11) is 0. The number of carbonyl (C=O) groups is 8. The Labute approximate surface area is 572 Å². The van der Waals surface area contributed by atoms with Crippen LogP contribution >= 0.6 is 0 Å². The number of nitro groups is 1. The molecule has 10 aliphatic heterocycles. The number of nitrogens with zero attached hydrogens (tertiary/aromatic N) is 13. The molecule has 100 heavy (non-hydrogen) atoms. The Balaban J connectivity index is 0.000000150. The number of piperidine rings is 4. The molecular formula is C72H72N18O10. The van der Waals surface area contributed by atoms with Gasteiger partial charge in [0.1, 0.15) is 35.1 Å².